The lowest BCUT2D eigenvalue weighted by Gasteiger charge is -1.96. The van der Waals surface area contributed by atoms with Crippen LogP contribution < -0.4 is 11.5 Å². The van der Waals surface area contributed by atoms with Gasteiger partial charge in [-0.25, -0.2) is 0 Å². The van der Waals surface area contributed by atoms with Crippen LogP contribution in [0.3, 0.4) is 0 Å². The van der Waals surface area contributed by atoms with E-state index in [4.69, 9.17) is 11.5 Å². The molecule has 39 valence electrons. The summed E-state index contributed by atoms with van der Waals surface area (Å²) in [7, 11) is 0. The van der Waals surface area contributed by atoms with Crippen molar-refractivity contribution in [3.05, 3.63) is 6.42 Å². The summed E-state index contributed by atoms with van der Waals surface area (Å²) >= 11 is 0. The summed E-state index contributed by atoms with van der Waals surface area (Å²) in [5.41, 5.74) is 9.36. The fourth-order valence-corrected chi connectivity index (χ4v) is 0.311. The number of amides is 1. The third-order valence-electron chi connectivity index (χ3n) is 1.10. The number of primary amides is 1. The van der Waals surface area contributed by atoms with E-state index in [0.29, 0.717) is 6.42 Å². The molecule has 0 aromatic carbocycles. The molecule has 1 amide bonds. The molecule has 1 atom stereocenters. The summed E-state index contributed by atoms with van der Waals surface area (Å²) in [6, 6.07) is 0. The molecule has 0 saturated heterocycles. The van der Waals surface area contributed by atoms with Crippen molar-refractivity contribution in [1.82, 2.24) is 0 Å². The maximum atomic E-state index is 10.1. The third-order valence-corrected chi connectivity index (χ3v) is 1.10. The Morgan fingerprint density at radius 1 is 1.86 bits per heavy atom. The van der Waals surface area contributed by atoms with Gasteiger partial charge in [0.25, 0.3) is 0 Å². The Labute approximate surface area is 41.7 Å². The molecule has 1 rings (SSSR count). The SMILES string of the molecule is NC(=O)[C@]1(N)[CH]C1. The van der Waals surface area contributed by atoms with Crippen molar-refractivity contribution < 1.29 is 4.79 Å². The molecule has 3 nitrogen and oxygen atoms in total. The monoisotopic (exact) mass is 99.1 g/mol. The highest BCUT2D eigenvalue weighted by Crippen LogP contribution is 2.29. The van der Waals surface area contributed by atoms with Gasteiger partial charge in [-0.05, 0) is 12.8 Å². The first-order valence-electron chi connectivity index (χ1n) is 2.08. The van der Waals surface area contributed by atoms with Crippen LogP contribution in [-0.4, -0.2) is 11.4 Å². The number of rotatable bonds is 1. The molecule has 0 aromatic rings. The average molecular weight is 99.1 g/mol. The van der Waals surface area contributed by atoms with Crippen molar-refractivity contribution in [3.8, 4) is 0 Å². The number of hydrogen-bond donors (Lipinski definition) is 2. The highest BCUT2D eigenvalue weighted by atomic mass is 16.1. The second kappa shape index (κ2) is 0.980. The number of carbonyl (C=O) groups excluding carboxylic acids is 1. The highest BCUT2D eigenvalue weighted by molar-refractivity contribution is 5.90. The molecule has 0 unspecified atom stereocenters. The molecular formula is C4H7N2O. The van der Waals surface area contributed by atoms with E-state index in [2.05, 4.69) is 0 Å². The molecule has 1 saturated carbocycles. The Morgan fingerprint density at radius 3 is 2.29 bits per heavy atom. The van der Waals surface area contributed by atoms with Crippen LogP contribution in [-0.2, 0) is 4.79 Å². The van der Waals surface area contributed by atoms with Gasteiger partial charge in [-0.15, -0.1) is 0 Å². The van der Waals surface area contributed by atoms with Crippen LogP contribution in [0.15, 0.2) is 0 Å². The molecule has 0 heterocycles. The van der Waals surface area contributed by atoms with Gasteiger partial charge >= 0.3 is 0 Å². The van der Waals surface area contributed by atoms with Gasteiger partial charge in [-0.3, -0.25) is 4.79 Å². The van der Waals surface area contributed by atoms with E-state index < -0.39 is 11.4 Å². The summed E-state index contributed by atoms with van der Waals surface area (Å²) < 4.78 is 0. The van der Waals surface area contributed by atoms with Crippen molar-refractivity contribution in [2.75, 3.05) is 0 Å². The molecule has 0 spiro atoms. The molecule has 7 heavy (non-hydrogen) atoms. The van der Waals surface area contributed by atoms with Crippen LogP contribution in [0.2, 0.25) is 0 Å². The Hall–Kier alpha value is -0.570. The molecule has 0 bridgehead atoms. The van der Waals surface area contributed by atoms with E-state index in [9.17, 15) is 4.79 Å². The Kier molecular flexibility index (Phi) is 0.642. The molecule has 1 aliphatic rings. The van der Waals surface area contributed by atoms with Gasteiger partial charge in [0.1, 0.15) is 0 Å². The lowest BCUT2D eigenvalue weighted by molar-refractivity contribution is -0.119. The zero-order valence-electron chi connectivity index (χ0n) is 3.85. The first kappa shape index (κ1) is 4.59. The van der Waals surface area contributed by atoms with Gasteiger partial charge in [0, 0.05) is 0 Å². The lowest BCUT2D eigenvalue weighted by atomic mass is 10.3. The first-order chi connectivity index (χ1) is 3.15. The van der Waals surface area contributed by atoms with Crippen LogP contribution in [0, 0.1) is 6.42 Å². The summed E-state index contributed by atoms with van der Waals surface area (Å²) in [6.07, 6.45) is 2.33. The standard InChI is InChI=1S/C4H7N2O/c5-3(7)4(6)1-2-4/h1H,2,6H2,(H2,5,7)/t4-/m0/s1. The van der Waals surface area contributed by atoms with E-state index in [1.807, 2.05) is 0 Å². The Bertz CT molecular complexity index is 106. The average Bonchev–Trinajstić information content (AvgIpc) is 2.21. The smallest absolute Gasteiger partial charge is 0.237 e. The number of hydrogen-bond acceptors (Lipinski definition) is 2. The molecular weight excluding hydrogens is 92.1 g/mol. The third kappa shape index (κ3) is 0.587. The second-order valence-corrected chi connectivity index (χ2v) is 1.81. The molecule has 4 N–H and O–H groups in total. The summed E-state index contributed by atoms with van der Waals surface area (Å²) in [5.74, 6) is -0.424. The minimum Gasteiger partial charge on any atom is -0.368 e. The van der Waals surface area contributed by atoms with E-state index in [1.54, 1.807) is 6.42 Å². The van der Waals surface area contributed by atoms with Crippen LogP contribution in [0.5, 0.6) is 0 Å². The van der Waals surface area contributed by atoms with Crippen molar-refractivity contribution in [3.63, 3.8) is 0 Å². The quantitative estimate of drug-likeness (QED) is 0.432. The minimum absolute atomic E-state index is 0.424. The van der Waals surface area contributed by atoms with Gasteiger partial charge in [0.2, 0.25) is 5.91 Å². The fraction of sp³-hybridized carbons (Fsp3) is 0.500. The van der Waals surface area contributed by atoms with Crippen LogP contribution >= 0.6 is 0 Å². The second-order valence-electron chi connectivity index (χ2n) is 1.81. The maximum absolute atomic E-state index is 10.1. The summed E-state index contributed by atoms with van der Waals surface area (Å²) in [6.45, 7) is 0. The molecule has 0 aliphatic heterocycles. The van der Waals surface area contributed by atoms with Crippen LogP contribution in [0.4, 0.5) is 0 Å². The molecule has 1 aliphatic carbocycles. The zero-order chi connectivity index (χ0) is 5.49. The fourth-order valence-electron chi connectivity index (χ4n) is 0.311. The number of carbonyl (C=O) groups is 1. The van der Waals surface area contributed by atoms with Crippen molar-refractivity contribution in [2.45, 2.75) is 12.0 Å². The maximum Gasteiger partial charge on any atom is 0.237 e. The normalized spacial score (nSPS) is 24.1. The summed E-state index contributed by atoms with van der Waals surface area (Å²) in [5, 5.41) is 0. The largest absolute Gasteiger partial charge is 0.368 e. The molecule has 1 fully saturated rings. The van der Waals surface area contributed by atoms with Crippen LogP contribution in [0.25, 0.3) is 0 Å². The number of nitrogens with two attached hydrogens (primary N) is 2. The first-order valence-corrected chi connectivity index (χ1v) is 2.08. The lowest BCUT2D eigenvalue weighted by Crippen LogP contribution is -2.38. The van der Waals surface area contributed by atoms with Crippen molar-refractivity contribution >= 4 is 5.91 Å². The van der Waals surface area contributed by atoms with Gasteiger partial charge in [0.15, 0.2) is 0 Å². The van der Waals surface area contributed by atoms with E-state index in [-0.39, 0.29) is 0 Å². The van der Waals surface area contributed by atoms with E-state index in [0.717, 1.165) is 0 Å². The topological polar surface area (TPSA) is 69.1 Å². The van der Waals surface area contributed by atoms with E-state index in [1.165, 1.54) is 0 Å². The summed E-state index contributed by atoms with van der Waals surface area (Å²) in [4.78, 5) is 10.1. The van der Waals surface area contributed by atoms with Gasteiger partial charge in [0.05, 0.1) is 5.54 Å². The zero-order valence-corrected chi connectivity index (χ0v) is 3.85. The van der Waals surface area contributed by atoms with Crippen LogP contribution in [0.1, 0.15) is 6.42 Å². The predicted molar refractivity (Wildman–Crippen MR) is 25.0 cm³/mol. The molecule has 3 heteroatoms. The van der Waals surface area contributed by atoms with Gasteiger partial charge < -0.3 is 11.5 Å². The van der Waals surface area contributed by atoms with Crippen molar-refractivity contribution in [2.24, 2.45) is 11.5 Å². The van der Waals surface area contributed by atoms with Gasteiger partial charge in [-0.1, -0.05) is 0 Å². The van der Waals surface area contributed by atoms with Gasteiger partial charge in [-0.2, -0.15) is 0 Å². The highest BCUT2D eigenvalue weighted by Gasteiger charge is 2.44. The Morgan fingerprint density at radius 2 is 2.29 bits per heavy atom. The Balaban J connectivity index is 2.55. The predicted octanol–water partition coefficient (Wildman–Crippen LogP) is -1.22. The minimum atomic E-state index is -0.736. The molecule has 0 aromatic heterocycles. The van der Waals surface area contributed by atoms with E-state index >= 15 is 0 Å². The molecule has 1 radical (unpaired) electrons. The van der Waals surface area contributed by atoms with Crippen molar-refractivity contribution in [1.29, 1.82) is 0 Å².